The van der Waals surface area contributed by atoms with Crippen LogP contribution in [0, 0.1) is 6.92 Å². The molecule has 0 bridgehead atoms. The SMILES string of the molecule is CC(=O)C1CC(N)c2ccc(C)cc21. The van der Waals surface area contributed by atoms with Crippen molar-refractivity contribution in [1.29, 1.82) is 0 Å². The van der Waals surface area contributed by atoms with Gasteiger partial charge in [-0.1, -0.05) is 23.8 Å². The van der Waals surface area contributed by atoms with E-state index in [0.717, 1.165) is 17.5 Å². The smallest absolute Gasteiger partial charge is 0.137 e. The van der Waals surface area contributed by atoms with Crippen LogP contribution in [0.25, 0.3) is 0 Å². The molecule has 74 valence electrons. The van der Waals surface area contributed by atoms with Crippen LogP contribution in [0.4, 0.5) is 0 Å². The molecule has 0 saturated heterocycles. The highest BCUT2D eigenvalue weighted by molar-refractivity contribution is 5.85. The molecule has 1 aliphatic rings. The molecule has 2 heteroatoms. The van der Waals surface area contributed by atoms with Crippen molar-refractivity contribution in [3.05, 3.63) is 34.9 Å². The zero-order valence-electron chi connectivity index (χ0n) is 8.58. The minimum Gasteiger partial charge on any atom is -0.324 e. The monoisotopic (exact) mass is 189 g/mol. The van der Waals surface area contributed by atoms with Crippen molar-refractivity contribution in [3.63, 3.8) is 0 Å². The summed E-state index contributed by atoms with van der Waals surface area (Å²) in [6, 6.07) is 6.24. The average molecular weight is 189 g/mol. The fraction of sp³-hybridized carbons (Fsp3) is 0.417. The molecule has 0 aromatic heterocycles. The highest BCUT2D eigenvalue weighted by Gasteiger charge is 2.31. The molecule has 2 unspecified atom stereocenters. The number of aryl methyl sites for hydroxylation is 1. The van der Waals surface area contributed by atoms with E-state index in [1.807, 2.05) is 6.92 Å². The Labute approximate surface area is 84.1 Å². The van der Waals surface area contributed by atoms with E-state index in [0.29, 0.717) is 0 Å². The number of hydrogen-bond donors (Lipinski definition) is 1. The Morgan fingerprint density at radius 1 is 1.43 bits per heavy atom. The fourth-order valence-electron chi connectivity index (χ4n) is 2.23. The third-order valence-electron chi connectivity index (χ3n) is 3.00. The van der Waals surface area contributed by atoms with E-state index in [1.54, 1.807) is 6.92 Å². The number of carbonyl (C=O) groups is 1. The molecule has 2 atom stereocenters. The molecule has 1 aromatic rings. The van der Waals surface area contributed by atoms with Gasteiger partial charge >= 0.3 is 0 Å². The van der Waals surface area contributed by atoms with Gasteiger partial charge in [0.25, 0.3) is 0 Å². The molecule has 0 heterocycles. The maximum absolute atomic E-state index is 11.4. The minimum atomic E-state index is 0.0277. The third-order valence-corrected chi connectivity index (χ3v) is 3.00. The Kier molecular flexibility index (Phi) is 2.16. The van der Waals surface area contributed by atoms with Gasteiger partial charge in [0, 0.05) is 12.0 Å². The first-order chi connectivity index (χ1) is 6.59. The lowest BCUT2D eigenvalue weighted by Crippen LogP contribution is -2.08. The van der Waals surface area contributed by atoms with Gasteiger partial charge < -0.3 is 5.73 Å². The van der Waals surface area contributed by atoms with Crippen LogP contribution in [0.1, 0.15) is 42.0 Å². The number of ketones is 1. The summed E-state index contributed by atoms with van der Waals surface area (Å²) >= 11 is 0. The van der Waals surface area contributed by atoms with E-state index in [4.69, 9.17) is 5.73 Å². The highest BCUT2D eigenvalue weighted by atomic mass is 16.1. The van der Waals surface area contributed by atoms with Gasteiger partial charge in [0.05, 0.1) is 0 Å². The summed E-state index contributed by atoms with van der Waals surface area (Å²) < 4.78 is 0. The molecule has 2 rings (SSSR count). The molecular weight excluding hydrogens is 174 g/mol. The van der Waals surface area contributed by atoms with E-state index in [2.05, 4.69) is 18.2 Å². The van der Waals surface area contributed by atoms with Crippen LogP contribution in [0.2, 0.25) is 0 Å². The predicted molar refractivity (Wildman–Crippen MR) is 56.1 cm³/mol. The molecule has 0 fully saturated rings. The molecule has 2 N–H and O–H groups in total. The second-order valence-electron chi connectivity index (χ2n) is 4.14. The van der Waals surface area contributed by atoms with Gasteiger partial charge in [-0.3, -0.25) is 4.79 Å². The molecule has 1 aliphatic carbocycles. The third kappa shape index (κ3) is 1.36. The van der Waals surface area contributed by atoms with Crippen molar-refractivity contribution in [2.75, 3.05) is 0 Å². The molecule has 2 nitrogen and oxygen atoms in total. The first kappa shape index (κ1) is 9.41. The molecule has 0 saturated carbocycles. The molecule has 0 amide bonds. The van der Waals surface area contributed by atoms with Gasteiger partial charge in [0.15, 0.2) is 0 Å². The Morgan fingerprint density at radius 3 is 2.79 bits per heavy atom. The number of hydrogen-bond acceptors (Lipinski definition) is 2. The number of nitrogens with two attached hydrogens (primary N) is 1. The fourth-order valence-corrected chi connectivity index (χ4v) is 2.23. The summed E-state index contributed by atoms with van der Waals surface area (Å²) in [6.45, 7) is 3.69. The number of carbonyl (C=O) groups excluding carboxylic acids is 1. The number of rotatable bonds is 1. The number of benzene rings is 1. The highest BCUT2D eigenvalue weighted by Crippen LogP contribution is 2.39. The van der Waals surface area contributed by atoms with E-state index in [9.17, 15) is 4.79 Å². The van der Waals surface area contributed by atoms with Gasteiger partial charge in [0.2, 0.25) is 0 Å². The van der Waals surface area contributed by atoms with Crippen LogP contribution in [0.15, 0.2) is 18.2 Å². The Bertz CT molecular complexity index is 384. The zero-order valence-corrected chi connectivity index (χ0v) is 8.58. The lowest BCUT2D eigenvalue weighted by molar-refractivity contribution is -0.118. The molecule has 0 aliphatic heterocycles. The van der Waals surface area contributed by atoms with Gasteiger partial charge in [0.1, 0.15) is 5.78 Å². The normalized spacial score (nSPS) is 24.8. The van der Waals surface area contributed by atoms with Gasteiger partial charge in [-0.2, -0.15) is 0 Å². The lowest BCUT2D eigenvalue weighted by atomic mass is 9.96. The summed E-state index contributed by atoms with van der Waals surface area (Å²) in [5, 5.41) is 0. The number of Topliss-reactive ketones (excluding diaryl/α,β-unsaturated/α-hetero) is 1. The van der Waals surface area contributed by atoms with Crippen LogP contribution in [0.5, 0.6) is 0 Å². The standard InChI is InChI=1S/C12H15NO/c1-7-3-4-9-11(5-7)10(8(2)14)6-12(9)13/h3-5,10,12H,6,13H2,1-2H3. The Hall–Kier alpha value is -1.15. The Morgan fingerprint density at radius 2 is 2.14 bits per heavy atom. The summed E-state index contributed by atoms with van der Waals surface area (Å²) in [4.78, 5) is 11.4. The van der Waals surface area contributed by atoms with Crippen molar-refractivity contribution in [2.24, 2.45) is 5.73 Å². The van der Waals surface area contributed by atoms with Crippen molar-refractivity contribution >= 4 is 5.78 Å². The molecule has 1 aromatic carbocycles. The Balaban J connectivity index is 2.51. The average Bonchev–Trinajstić information content (AvgIpc) is 2.43. The van der Waals surface area contributed by atoms with E-state index >= 15 is 0 Å². The van der Waals surface area contributed by atoms with Crippen LogP contribution in [-0.2, 0) is 4.79 Å². The largest absolute Gasteiger partial charge is 0.324 e. The van der Waals surface area contributed by atoms with Crippen molar-refractivity contribution < 1.29 is 4.79 Å². The van der Waals surface area contributed by atoms with Gasteiger partial charge in [-0.15, -0.1) is 0 Å². The zero-order chi connectivity index (χ0) is 10.3. The first-order valence-corrected chi connectivity index (χ1v) is 4.96. The van der Waals surface area contributed by atoms with E-state index < -0.39 is 0 Å². The minimum absolute atomic E-state index is 0.0277. The summed E-state index contributed by atoms with van der Waals surface area (Å²) in [6.07, 6.45) is 0.772. The van der Waals surface area contributed by atoms with E-state index in [1.165, 1.54) is 5.56 Å². The molecule has 0 spiro atoms. The second kappa shape index (κ2) is 3.21. The van der Waals surface area contributed by atoms with Crippen molar-refractivity contribution in [2.45, 2.75) is 32.2 Å². The predicted octanol–water partition coefficient (Wildman–Crippen LogP) is 2.07. The maximum atomic E-state index is 11.4. The van der Waals surface area contributed by atoms with Crippen LogP contribution >= 0.6 is 0 Å². The first-order valence-electron chi connectivity index (χ1n) is 4.96. The lowest BCUT2D eigenvalue weighted by Gasteiger charge is -2.07. The summed E-state index contributed by atoms with van der Waals surface area (Å²) in [7, 11) is 0. The topological polar surface area (TPSA) is 43.1 Å². The quantitative estimate of drug-likeness (QED) is 0.735. The maximum Gasteiger partial charge on any atom is 0.137 e. The molecule has 14 heavy (non-hydrogen) atoms. The van der Waals surface area contributed by atoms with Gasteiger partial charge in [-0.25, -0.2) is 0 Å². The van der Waals surface area contributed by atoms with Crippen LogP contribution < -0.4 is 5.73 Å². The molecular formula is C12H15NO. The molecule has 0 radical (unpaired) electrons. The van der Waals surface area contributed by atoms with E-state index in [-0.39, 0.29) is 17.7 Å². The summed E-state index contributed by atoms with van der Waals surface area (Å²) in [5.41, 5.74) is 9.46. The van der Waals surface area contributed by atoms with Crippen LogP contribution in [-0.4, -0.2) is 5.78 Å². The number of fused-ring (bicyclic) bond motifs is 1. The van der Waals surface area contributed by atoms with Gasteiger partial charge in [-0.05, 0) is 31.4 Å². The van der Waals surface area contributed by atoms with Crippen LogP contribution in [0.3, 0.4) is 0 Å². The summed E-state index contributed by atoms with van der Waals surface area (Å²) in [5.74, 6) is 0.254. The van der Waals surface area contributed by atoms with Crippen molar-refractivity contribution in [3.8, 4) is 0 Å². The van der Waals surface area contributed by atoms with Crippen molar-refractivity contribution in [1.82, 2.24) is 0 Å². The second-order valence-corrected chi connectivity index (χ2v) is 4.14.